The summed E-state index contributed by atoms with van der Waals surface area (Å²) in [6, 6.07) is 12.0. The number of hydrogen-bond acceptors (Lipinski definition) is 2. The van der Waals surface area contributed by atoms with Gasteiger partial charge >= 0.3 is 0 Å². The maximum absolute atomic E-state index is 12.4. The number of quaternary nitrogens is 2. The summed E-state index contributed by atoms with van der Waals surface area (Å²) in [6.07, 6.45) is 1.67. The van der Waals surface area contributed by atoms with Crippen molar-refractivity contribution in [1.29, 1.82) is 0 Å². The first-order chi connectivity index (χ1) is 12.1. The predicted molar refractivity (Wildman–Crippen MR) is 96.3 cm³/mol. The summed E-state index contributed by atoms with van der Waals surface area (Å²) in [4.78, 5) is 15.9. The maximum Gasteiger partial charge on any atom is 0.278 e. The number of nitrogens with one attached hydrogen (secondary N) is 1. The van der Waals surface area contributed by atoms with Crippen LogP contribution in [0.2, 0.25) is 5.02 Å². The third kappa shape index (κ3) is 5.08. The highest BCUT2D eigenvalue weighted by atomic mass is 35.5. The molecule has 6 heteroatoms. The molecular formula is C19H26ClN3O2+2. The number of nitrogens with two attached hydrogens (primary N) is 1. The minimum Gasteiger partial charge on any atom is -0.463 e. The molecule has 1 atom stereocenters. The average molecular weight is 364 g/mol. The van der Waals surface area contributed by atoms with Gasteiger partial charge in [-0.3, -0.25) is 4.79 Å². The molecule has 0 unspecified atom stereocenters. The number of benzene rings is 1. The van der Waals surface area contributed by atoms with E-state index in [0.29, 0.717) is 6.54 Å². The van der Waals surface area contributed by atoms with Crippen molar-refractivity contribution in [2.45, 2.75) is 19.5 Å². The first-order valence-corrected chi connectivity index (χ1v) is 9.22. The lowest BCUT2D eigenvalue weighted by molar-refractivity contribution is -0.917. The van der Waals surface area contributed by atoms with Crippen LogP contribution in [0.3, 0.4) is 0 Å². The number of carbonyl (C=O) groups excluding carboxylic acids is 1. The summed E-state index contributed by atoms with van der Waals surface area (Å²) in [5.41, 5.74) is 1.29. The minimum absolute atomic E-state index is 0.163. The van der Waals surface area contributed by atoms with E-state index in [0.717, 1.165) is 43.5 Å². The summed E-state index contributed by atoms with van der Waals surface area (Å²) in [6.45, 7) is 7.13. The van der Waals surface area contributed by atoms with Gasteiger partial charge in [0.15, 0.2) is 12.3 Å². The number of amides is 1. The van der Waals surface area contributed by atoms with Crippen molar-refractivity contribution < 1.29 is 19.4 Å². The quantitative estimate of drug-likeness (QED) is 0.784. The van der Waals surface area contributed by atoms with Crippen molar-refractivity contribution >= 4 is 17.5 Å². The number of nitrogens with zero attached hydrogens (tertiary/aromatic N) is 1. The Balaban J connectivity index is 1.40. The lowest BCUT2D eigenvalue weighted by atomic mass is 10.2. The van der Waals surface area contributed by atoms with Gasteiger partial charge < -0.3 is 19.5 Å². The van der Waals surface area contributed by atoms with Gasteiger partial charge in [0.1, 0.15) is 12.6 Å². The van der Waals surface area contributed by atoms with Crippen LogP contribution in [0.5, 0.6) is 0 Å². The molecule has 2 aromatic rings. The van der Waals surface area contributed by atoms with Crippen molar-refractivity contribution in [3.05, 3.63) is 59.0 Å². The second-order valence-electron chi connectivity index (χ2n) is 6.68. The molecule has 3 rings (SSSR count). The summed E-state index contributed by atoms with van der Waals surface area (Å²) in [5.74, 6) is 1.12. The van der Waals surface area contributed by atoms with Crippen molar-refractivity contribution in [2.75, 3.05) is 32.7 Å². The molecule has 0 aliphatic carbocycles. The van der Waals surface area contributed by atoms with Crippen LogP contribution in [-0.2, 0) is 11.3 Å². The van der Waals surface area contributed by atoms with Gasteiger partial charge in [-0.1, -0.05) is 23.7 Å². The zero-order valence-corrected chi connectivity index (χ0v) is 15.3. The third-order valence-corrected chi connectivity index (χ3v) is 5.08. The second-order valence-corrected chi connectivity index (χ2v) is 7.11. The largest absolute Gasteiger partial charge is 0.463 e. The molecule has 1 aliphatic rings. The molecule has 25 heavy (non-hydrogen) atoms. The van der Waals surface area contributed by atoms with E-state index in [2.05, 4.69) is 19.1 Å². The van der Waals surface area contributed by atoms with Gasteiger partial charge in [-0.15, -0.1) is 0 Å². The molecule has 0 saturated carbocycles. The molecule has 5 nitrogen and oxygen atoms in total. The predicted octanol–water partition coefficient (Wildman–Crippen LogP) is 0.485. The van der Waals surface area contributed by atoms with E-state index < -0.39 is 0 Å². The fraction of sp³-hybridized carbons (Fsp3) is 0.421. The lowest BCUT2D eigenvalue weighted by Gasteiger charge is -2.32. The normalized spacial score (nSPS) is 16.8. The Labute approximate surface area is 153 Å². The molecular weight excluding hydrogens is 338 g/mol. The van der Waals surface area contributed by atoms with Gasteiger partial charge in [0.25, 0.3) is 5.91 Å². The van der Waals surface area contributed by atoms with E-state index in [9.17, 15) is 4.79 Å². The van der Waals surface area contributed by atoms with Crippen LogP contribution in [0.15, 0.2) is 47.1 Å². The highest BCUT2D eigenvalue weighted by Crippen LogP contribution is 2.09. The van der Waals surface area contributed by atoms with E-state index in [-0.39, 0.29) is 11.9 Å². The summed E-state index contributed by atoms with van der Waals surface area (Å²) >= 11 is 5.93. The lowest BCUT2D eigenvalue weighted by Crippen LogP contribution is -3.13. The monoisotopic (exact) mass is 363 g/mol. The number of rotatable bonds is 6. The van der Waals surface area contributed by atoms with E-state index in [1.807, 2.05) is 34.5 Å². The molecule has 1 fully saturated rings. The second kappa shape index (κ2) is 8.52. The van der Waals surface area contributed by atoms with E-state index >= 15 is 0 Å². The van der Waals surface area contributed by atoms with E-state index in [1.165, 1.54) is 10.5 Å². The van der Waals surface area contributed by atoms with Gasteiger partial charge in [0.2, 0.25) is 0 Å². The minimum atomic E-state index is 0.163. The number of carbonyl (C=O) groups is 1. The Kier molecular flexibility index (Phi) is 6.13. The average Bonchev–Trinajstić information content (AvgIpc) is 3.17. The number of furan rings is 1. The molecule has 0 bridgehead atoms. The summed E-state index contributed by atoms with van der Waals surface area (Å²) < 4.78 is 5.38. The van der Waals surface area contributed by atoms with Gasteiger partial charge in [-0.25, -0.2) is 0 Å². The molecule has 1 aliphatic heterocycles. The number of hydrogen-bond donors (Lipinski definition) is 2. The Morgan fingerprint density at radius 3 is 2.64 bits per heavy atom. The molecule has 3 N–H and O–H groups in total. The van der Waals surface area contributed by atoms with Gasteiger partial charge in [0.05, 0.1) is 32.4 Å². The number of piperazine rings is 1. The Morgan fingerprint density at radius 2 is 2.00 bits per heavy atom. The van der Waals surface area contributed by atoms with Crippen LogP contribution in [0, 0.1) is 0 Å². The first kappa shape index (κ1) is 18.0. The van der Waals surface area contributed by atoms with Crippen molar-refractivity contribution in [3.8, 4) is 0 Å². The highest BCUT2D eigenvalue weighted by Gasteiger charge is 2.25. The first-order valence-electron chi connectivity index (χ1n) is 8.84. The highest BCUT2D eigenvalue weighted by molar-refractivity contribution is 6.30. The fourth-order valence-electron chi connectivity index (χ4n) is 3.21. The third-order valence-electron chi connectivity index (χ3n) is 4.83. The van der Waals surface area contributed by atoms with Crippen molar-refractivity contribution in [2.24, 2.45) is 0 Å². The van der Waals surface area contributed by atoms with E-state index in [4.69, 9.17) is 16.0 Å². The van der Waals surface area contributed by atoms with Gasteiger partial charge in [0, 0.05) is 10.6 Å². The maximum atomic E-state index is 12.4. The molecule has 1 saturated heterocycles. The molecule has 1 aromatic carbocycles. The Hall–Kier alpha value is -1.82. The molecule has 0 spiro atoms. The molecule has 2 heterocycles. The fourth-order valence-corrected chi connectivity index (χ4v) is 3.34. The van der Waals surface area contributed by atoms with Gasteiger partial charge in [-0.05, 0) is 31.2 Å². The zero-order valence-electron chi connectivity index (χ0n) is 14.6. The topological polar surface area (TPSA) is 54.5 Å². The summed E-state index contributed by atoms with van der Waals surface area (Å²) in [7, 11) is 0. The molecule has 1 aromatic heterocycles. The van der Waals surface area contributed by atoms with Crippen LogP contribution in [0.1, 0.15) is 24.3 Å². The van der Waals surface area contributed by atoms with Gasteiger partial charge in [-0.2, -0.15) is 0 Å². The van der Waals surface area contributed by atoms with Crippen molar-refractivity contribution in [3.63, 3.8) is 0 Å². The standard InChI is InChI=1S/C19H24ClN3O2/c1-15(18-3-2-12-25-18)21-13-19(24)23-10-8-22(9-11-23)14-16-4-6-17(20)7-5-16/h2-7,12,15,21H,8-11,13-14H2,1H3/p+2/t15-/m0/s1. The van der Waals surface area contributed by atoms with Crippen LogP contribution >= 0.6 is 11.6 Å². The van der Waals surface area contributed by atoms with Crippen LogP contribution in [0.25, 0.3) is 0 Å². The molecule has 0 radical (unpaired) electrons. The Bertz CT molecular complexity index is 664. The SMILES string of the molecule is C[C@H]([NH2+]CC(=O)N1CC[NH+](Cc2ccc(Cl)cc2)CC1)c1ccco1. The molecule has 134 valence electrons. The molecule has 1 amide bonds. The van der Waals surface area contributed by atoms with E-state index in [1.54, 1.807) is 6.26 Å². The number of halogens is 1. The van der Waals surface area contributed by atoms with Crippen LogP contribution in [0.4, 0.5) is 0 Å². The van der Waals surface area contributed by atoms with Crippen LogP contribution in [-0.4, -0.2) is 43.5 Å². The summed E-state index contributed by atoms with van der Waals surface area (Å²) in [5, 5.41) is 2.81. The smallest absolute Gasteiger partial charge is 0.278 e. The van der Waals surface area contributed by atoms with Crippen LogP contribution < -0.4 is 10.2 Å². The zero-order chi connectivity index (χ0) is 17.6. The Morgan fingerprint density at radius 1 is 1.28 bits per heavy atom. The van der Waals surface area contributed by atoms with Crippen molar-refractivity contribution in [1.82, 2.24) is 4.90 Å².